The van der Waals surface area contributed by atoms with Crippen molar-refractivity contribution in [2.75, 3.05) is 13.2 Å². The Morgan fingerprint density at radius 2 is 0.658 bits per heavy atom. The van der Waals surface area contributed by atoms with Crippen LogP contribution in [0.3, 0.4) is 0 Å². The van der Waals surface area contributed by atoms with Gasteiger partial charge < -0.3 is 20.3 Å². The molecular formula is C70H133NO5. The Balaban J connectivity index is 3.46. The zero-order chi connectivity index (χ0) is 55.0. The number of aliphatic hydroxyl groups is 2. The number of allylic oxidation sites excluding steroid dienone is 5. The topological polar surface area (TPSA) is 95.9 Å². The van der Waals surface area contributed by atoms with Gasteiger partial charge in [0.1, 0.15) is 0 Å². The van der Waals surface area contributed by atoms with Gasteiger partial charge >= 0.3 is 5.97 Å². The highest BCUT2D eigenvalue weighted by molar-refractivity contribution is 5.76. The van der Waals surface area contributed by atoms with Crippen molar-refractivity contribution in [1.29, 1.82) is 0 Å². The number of carbonyl (C=O) groups excluding carboxylic acids is 2. The van der Waals surface area contributed by atoms with Gasteiger partial charge in [0.25, 0.3) is 0 Å². The molecule has 0 bridgehead atoms. The molecule has 0 fully saturated rings. The van der Waals surface area contributed by atoms with Crippen LogP contribution in [-0.4, -0.2) is 47.4 Å². The standard InChI is InChI=1S/C70H133NO5/c1-3-5-7-9-11-13-15-17-19-21-22-28-31-34-38-42-46-50-54-58-62-68(73)67(66-72)71-69(74)63-59-55-51-47-43-39-35-32-29-26-24-23-25-27-30-33-37-41-45-49-53-57-61-65-76-70(75)64-60-56-52-48-44-40-36-20-18-16-14-12-10-8-6-4-2/h23,25-26,29,58,62,67-68,72-73H,3-22,24,27-28,30-57,59-61,63-66H2,1-2H3,(H,71,74)/b25-23-,29-26-,62-58+. The van der Waals surface area contributed by atoms with Gasteiger partial charge in [0.05, 0.1) is 25.4 Å². The number of ether oxygens (including phenoxy) is 1. The zero-order valence-electron chi connectivity index (χ0n) is 51.3. The summed E-state index contributed by atoms with van der Waals surface area (Å²) in [6.45, 7) is 4.93. The first kappa shape index (κ1) is 74.1. The van der Waals surface area contributed by atoms with E-state index in [0.717, 1.165) is 57.8 Å². The fourth-order valence-electron chi connectivity index (χ4n) is 10.7. The Kier molecular flexibility index (Phi) is 63.9. The summed E-state index contributed by atoms with van der Waals surface area (Å²) in [4.78, 5) is 24.6. The minimum atomic E-state index is -0.852. The molecule has 0 aromatic rings. The van der Waals surface area contributed by atoms with Crippen LogP contribution in [-0.2, 0) is 14.3 Å². The molecule has 76 heavy (non-hydrogen) atoms. The first-order chi connectivity index (χ1) is 37.5. The number of carbonyl (C=O) groups is 2. The normalized spacial score (nSPS) is 12.7. The molecule has 2 unspecified atom stereocenters. The molecule has 0 rings (SSSR count). The molecule has 6 heteroatoms. The van der Waals surface area contributed by atoms with Crippen LogP contribution >= 0.6 is 0 Å². The van der Waals surface area contributed by atoms with Gasteiger partial charge in [-0.3, -0.25) is 9.59 Å². The van der Waals surface area contributed by atoms with E-state index in [1.165, 1.54) is 289 Å². The Morgan fingerprint density at radius 3 is 1.00 bits per heavy atom. The smallest absolute Gasteiger partial charge is 0.305 e. The summed E-state index contributed by atoms with van der Waals surface area (Å²) in [5, 5.41) is 23.2. The van der Waals surface area contributed by atoms with E-state index in [4.69, 9.17) is 4.74 Å². The lowest BCUT2D eigenvalue weighted by molar-refractivity contribution is -0.143. The highest BCUT2D eigenvalue weighted by Gasteiger charge is 2.18. The zero-order valence-corrected chi connectivity index (χ0v) is 51.3. The maximum atomic E-state index is 12.5. The molecule has 3 N–H and O–H groups in total. The van der Waals surface area contributed by atoms with E-state index in [9.17, 15) is 19.8 Å². The number of amides is 1. The van der Waals surface area contributed by atoms with Crippen molar-refractivity contribution in [1.82, 2.24) is 5.32 Å². The predicted molar refractivity (Wildman–Crippen MR) is 333 cm³/mol. The van der Waals surface area contributed by atoms with Crippen LogP contribution in [0.15, 0.2) is 36.5 Å². The molecule has 448 valence electrons. The largest absolute Gasteiger partial charge is 0.466 e. The minimum Gasteiger partial charge on any atom is -0.466 e. The number of esters is 1. The first-order valence-corrected chi connectivity index (χ1v) is 34.3. The van der Waals surface area contributed by atoms with Crippen molar-refractivity contribution >= 4 is 11.9 Å². The lowest BCUT2D eigenvalue weighted by Crippen LogP contribution is -2.45. The Bertz CT molecular complexity index is 1230. The summed E-state index contributed by atoms with van der Waals surface area (Å²) in [5.41, 5.74) is 0. The van der Waals surface area contributed by atoms with Gasteiger partial charge in [0, 0.05) is 12.8 Å². The van der Waals surface area contributed by atoms with Crippen molar-refractivity contribution < 1.29 is 24.5 Å². The molecule has 1 amide bonds. The van der Waals surface area contributed by atoms with E-state index < -0.39 is 12.1 Å². The van der Waals surface area contributed by atoms with Crippen molar-refractivity contribution in [3.05, 3.63) is 36.5 Å². The van der Waals surface area contributed by atoms with E-state index in [1.807, 2.05) is 6.08 Å². The lowest BCUT2D eigenvalue weighted by Gasteiger charge is -2.20. The highest BCUT2D eigenvalue weighted by atomic mass is 16.5. The van der Waals surface area contributed by atoms with Crippen molar-refractivity contribution in [2.45, 2.75) is 386 Å². The molecule has 2 atom stereocenters. The van der Waals surface area contributed by atoms with Crippen LogP contribution in [0.5, 0.6) is 0 Å². The van der Waals surface area contributed by atoms with Gasteiger partial charge in [-0.05, 0) is 64.2 Å². The SMILES string of the molecule is CCCCCCCCCCCCCCCCCCCC/C=C/C(O)C(CO)NC(=O)CCCCCCCCC/C=C\C/C=C\CCCCCCCCCCCOC(=O)CCCCCCCCCCCCCCCCCC. The first-order valence-electron chi connectivity index (χ1n) is 34.3. The maximum Gasteiger partial charge on any atom is 0.305 e. The van der Waals surface area contributed by atoms with E-state index in [0.29, 0.717) is 19.4 Å². The van der Waals surface area contributed by atoms with Gasteiger partial charge in [-0.25, -0.2) is 0 Å². The van der Waals surface area contributed by atoms with Crippen LogP contribution in [0, 0.1) is 0 Å². The molecule has 0 heterocycles. The number of rotatable bonds is 64. The second-order valence-electron chi connectivity index (χ2n) is 23.5. The number of hydrogen-bond donors (Lipinski definition) is 3. The average Bonchev–Trinajstić information content (AvgIpc) is 3.42. The van der Waals surface area contributed by atoms with Crippen LogP contribution in [0.1, 0.15) is 373 Å². The molecule has 0 aliphatic rings. The van der Waals surface area contributed by atoms with Crippen molar-refractivity contribution in [3.8, 4) is 0 Å². The van der Waals surface area contributed by atoms with E-state index in [-0.39, 0.29) is 18.5 Å². The van der Waals surface area contributed by atoms with Gasteiger partial charge in [-0.2, -0.15) is 0 Å². The predicted octanol–water partition coefficient (Wildman–Crippen LogP) is 21.9. The van der Waals surface area contributed by atoms with Gasteiger partial charge in [-0.15, -0.1) is 0 Å². The third-order valence-corrected chi connectivity index (χ3v) is 15.9. The number of hydrogen-bond acceptors (Lipinski definition) is 5. The lowest BCUT2D eigenvalue weighted by atomic mass is 10.0. The molecule has 0 aromatic heterocycles. The quantitative estimate of drug-likeness (QED) is 0.0320. The molecule has 0 aromatic carbocycles. The van der Waals surface area contributed by atoms with E-state index in [1.54, 1.807) is 6.08 Å². The molecule has 6 nitrogen and oxygen atoms in total. The Hall–Kier alpha value is -1.92. The summed E-state index contributed by atoms with van der Waals surface area (Å²) < 4.78 is 5.49. The van der Waals surface area contributed by atoms with Gasteiger partial charge in [0.15, 0.2) is 0 Å². The fourth-order valence-corrected chi connectivity index (χ4v) is 10.7. The summed E-state index contributed by atoms with van der Waals surface area (Å²) in [5.74, 6) is -0.0650. The van der Waals surface area contributed by atoms with Crippen LogP contribution in [0.4, 0.5) is 0 Å². The molecule has 0 saturated carbocycles. The number of nitrogens with one attached hydrogen (secondary N) is 1. The fraction of sp³-hybridized carbons (Fsp3) is 0.886. The average molecular weight is 1070 g/mol. The van der Waals surface area contributed by atoms with Gasteiger partial charge in [-0.1, -0.05) is 333 Å². The molecule has 0 spiro atoms. The summed E-state index contributed by atoms with van der Waals surface area (Å²) in [6, 6.07) is -0.637. The summed E-state index contributed by atoms with van der Waals surface area (Å²) >= 11 is 0. The van der Waals surface area contributed by atoms with Gasteiger partial charge in [0.2, 0.25) is 5.91 Å². The number of unbranched alkanes of at least 4 members (excludes halogenated alkanes) is 49. The Morgan fingerprint density at radius 1 is 0.368 bits per heavy atom. The molecular weight excluding hydrogens is 935 g/mol. The Labute approximate surface area is 474 Å². The summed E-state index contributed by atoms with van der Waals surface area (Å²) in [6.07, 6.45) is 83.5. The van der Waals surface area contributed by atoms with Crippen molar-refractivity contribution in [2.24, 2.45) is 0 Å². The van der Waals surface area contributed by atoms with Crippen LogP contribution < -0.4 is 5.32 Å². The maximum absolute atomic E-state index is 12.5. The second-order valence-corrected chi connectivity index (χ2v) is 23.5. The molecule has 0 aliphatic carbocycles. The monoisotopic (exact) mass is 1070 g/mol. The number of aliphatic hydroxyl groups excluding tert-OH is 2. The molecule has 0 aliphatic heterocycles. The van der Waals surface area contributed by atoms with Crippen LogP contribution in [0.25, 0.3) is 0 Å². The van der Waals surface area contributed by atoms with Crippen LogP contribution in [0.2, 0.25) is 0 Å². The second kappa shape index (κ2) is 65.6. The molecule has 0 radical (unpaired) electrons. The van der Waals surface area contributed by atoms with Crippen molar-refractivity contribution in [3.63, 3.8) is 0 Å². The summed E-state index contributed by atoms with van der Waals surface area (Å²) in [7, 11) is 0. The van der Waals surface area contributed by atoms with E-state index >= 15 is 0 Å². The third-order valence-electron chi connectivity index (χ3n) is 15.9. The highest BCUT2D eigenvalue weighted by Crippen LogP contribution is 2.18. The molecule has 0 saturated heterocycles. The van der Waals surface area contributed by atoms with E-state index in [2.05, 4.69) is 43.5 Å². The minimum absolute atomic E-state index is 0.0104. The third kappa shape index (κ3) is 61.3.